The molecule has 2 aromatic carbocycles. The van der Waals surface area contributed by atoms with Crippen molar-refractivity contribution >= 4 is 33.2 Å². The van der Waals surface area contributed by atoms with E-state index in [-0.39, 0.29) is 5.56 Å². The third-order valence-electron chi connectivity index (χ3n) is 2.44. The zero-order valence-electron chi connectivity index (χ0n) is 9.97. The van der Waals surface area contributed by atoms with Crippen molar-refractivity contribution in [1.29, 1.82) is 0 Å². The number of nitrogens with zero attached hydrogens (tertiary/aromatic N) is 1. The molecule has 0 aliphatic rings. The molecule has 0 fully saturated rings. The normalized spacial score (nSPS) is 10.1. The van der Waals surface area contributed by atoms with Crippen molar-refractivity contribution in [2.24, 2.45) is 0 Å². The SMILES string of the molecule is O=C(Nc1cccc(Br)c1)c1cc(F)cc([N+](=O)[O-])c1. The van der Waals surface area contributed by atoms with Crippen molar-refractivity contribution in [2.45, 2.75) is 0 Å². The second kappa shape index (κ2) is 5.79. The lowest BCUT2D eigenvalue weighted by Crippen LogP contribution is -2.12. The van der Waals surface area contributed by atoms with Gasteiger partial charge < -0.3 is 5.32 Å². The van der Waals surface area contributed by atoms with Gasteiger partial charge in [-0.25, -0.2) is 4.39 Å². The molecule has 0 unspecified atom stereocenters. The largest absolute Gasteiger partial charge is 0.322 e. The van der Waals surface area contributed by atoms with Crippen LogP contribution >= 0.6 is 15.9 Å². The highest BCUT2D eigenvalue weighted by atomic mass is 79.9. The quantitative estimate of drug-likeness (QED) is 0.684. The molecule has 7 heteroatoms. The van der Waals surface area contributed by atoms with Crippen molar-refractivity contribution in [1.82, 2.24) is 0 Å². The lowest BCUT2D eigenvalue weighted by Gasteiger charge is -2.05. The topological polar surface area (TPSA) is 72.2 Å². The first-order valence-electron chi connectivity index (χ1n) is 5.47. The van der Waals surface area contributed by atoms with E-state index in [0.29, 0.717) is 5.69 Å². The van der Waals surface area contributed by atoms with Crippen LogP contribution in [0, 0.1) is 15.9 Å². The predicted octanol–water partition coefficient (Wildman–Crippen LogP) is 3.75. The molecule has 102 valence electrons. The monoisotopic (exact) mass is 338 g/mol. The van der Waals surface area contributed by atoms with Gasteiger partial charge in [0.2, 0.25) is 0 Å². The maximum absolute atomic E-state index is 13.3. The smallest absolute Gasteiger partial charge is 0.273 e. The summed E-state index contributed by atoms with van der Waals surface area (Å²) in [5.41, 5.74) is -0.0858. The van der Waals surface area contributed by atoms with Crippen LogP contribution in [0.25, 0.3) is 0 Å². The van der Waals surface area contributed by atoms with Crippen molar-refractivity contribution in [3.63, 3.8) is 0 Å². The molecule has 2 aromatic rings. The minimum Gasteiger partial charge on any atom is -0.322 e. The second-order valence-electron chi connectivity index (χ2n) is 3.92. The predicted molar refractivity (Wildman–Crippen MR) is 75.1 cm³/mol. The fourth-order valence-electron chi connectivity index (χ4n) is 1.58. The van der Waals surface area contributed by atoms with Gasteiger partial charge in [0.1, 0.15) is 5.82 Å². The standard InChI is InChI=1S/C13H8BrFN2O3/c14-9-2-1-3-11(6-9)16-13(18)8-4-10(15)7-12(5-8)17(19)20/h1-7H,(H,16,18). The number of carbonyl (C=O) groups excluding carboxylic acids is 1. The maximum atomic E-state index is 13.3. The van der Waals surface area contributed by atoms with Gasteiger partial charge >= 0.3 is 0 Å². The van der Waals surface area contributed by atoms with Gasteiger partial charge in [-0.2, -0.15) is 0 Å². The minimum atomic E-state index is -0.835. The average molecular weight is 339 g/mol. The molecular formula is C13H8BrFN2O3. The number of benzene rings is 2. The van der Waals surface area contributed by atoms with E-state index in [1.54, 1.807) is 24.3 Å². The van der Waals surface area contributed by atoms with E-state index in [9.17, 15) is 19.3 Å². The highest BCUT2D eigenvalue weighted by Crippen LogP contribution is 2.19. The molecule has 0 heterocycles. The molecule has 2 rings (SSSR count). The number of rotatable bonds is 3. The lowest BCUT2D eigenvalue weighted by atomic mass is 10.1. The van der Waals surface area contributed by atoms with E-state index in [1.165, 1.54) is 0 Å². The Morgan fingerprint density at radius 1 is 1.25 bits per heavy atom. The van der Waals surface area contributed by atoms with Crippen LogP contribution in [0.2, 0.25) is 0 Å². The molecule has 0 aliphatic carbocycles. The number of halogens is 2. The highest BCUT2D eigenvalue weighted by molar-refractivity contribution is 9.10. The van der Waals surface area contributed by atoms with Crippen LogP contribution in [-0.2, 0) is 0 Å². The third-order valence-corrected chi connectivity index (χ3v) is 2.93. The van der Waals surface area contributed by atoms with E-state index in [4.69, 9.17) is 0 Å². The summed E-state index contributed by atoms with van der Waals surface area (Å²) in [5, 5.41) is 13.2. The molecule has 0 radical (unpaired) electrons. The molecular weight excluding hydrogens is 331 g/mol. The summed E-state index contributed by atoms with van der Waals surface area (Å²) in [6.45, 7) is 0. The molecule has 0 saturated heterocycles. The molecule has 1 N–H and O–H groups in total. The molecule has 1 amide bonds. The minimum absolute atomic E-state index is 0.114. The van der Waals surface area contributed by atoms with Crippen LogP contribution in [0.15, 0.2) is 46.9 Å². The van der Waals surface area contributed by atoms with E-state index in [0.717, 1.165) is 22.7 Å². The van der Waals surface area contributed by atoms with Gasteiger partial charge in [0, 0.05) is 21.8 Å². The van der Waals surface area contributed by atoms with E-state index in [1.807, 2.05) is 0 Å². The Bertz CT molecular complexity index is 691. The third kappa shape index (κ3) is 3.39. The number of nitrogens with one attached hydrogen (secondary N) is 1. The molecule has 5 nitrogen and oxygen atoms in total. The highest BCUT2D eigenvalue weighted by Gasteiger charge is 2.14. The maximum Gasteiger partial charge on any atom is 0.273 e. The zero-order valence-corrected chi connectivity index (χ0v) is 11.6. The zero-order chi connectivity index (χ0) is 14.7. The van der Waals surface area contributed by atoms with Crippen LogP contribution < -0.4 is 5.32 Å². The number of hydrogen-bond donors (Lipinski definition) is 1. The van der Waals surface area contributed by atoms with E-state index < -0.39 is 22.3 Å². The number of amides is 1. The summed E-state index contributed by atoms with van der Waals surface area (Å²) in [6.07, 6.45) is 0. The number of nitro benzene ring substituents is 1. The van der Waals surface area contributed by atoms with Gasteiger partial charge in [-0.05, 0) is 24.3 Å². The molecule has 0 atom stereocenters. The van der Waals surface area contributed by atoms with E-state index >= 15 is 0 Å². The lowest BCUT2D eigenvalue weighted by molar-refractivity contribution is -0.385. The molecule has 0 bridgehead atoms. The summed E-state index contributed by atoms with van der Waals surface area (Å²) in [7, 11) is 0. The van der Waals surface area contributed by atoms with Gasteiger partial charge in [0.05, 0.1) is 11.0 Å². The Labute approximate surface area is 121 Å². The average Bonchev–Trinajstić information content (AvgIpc) is 2.37. The number of non-ortho nitro benzene ring substituents is 1. The molecule has 0 saturated carbocycles. The van der Waals surface area contributed by atoms with E-state index in [2.05, 4.69) is 21.2 Å². The van der Waals surface area contributed by atoms with Gasteiger partial charge in [0.15, 0.2) is 0 Å². The van der Waals surface area contributed by atoms with Crippen LogP contribution in [0.1, 0.15) is 10.4 Å². The Morgan fingerprint density at radius 2 is 2.00 bits per heavy atom. The van der Waals surface area contributed by atoms with Crippen LogP contribution in [0.3, 0.4) is 0 Å². The van der Waals surface area contributed by atoms with Crippen LogP contribution in [-0.4, -0.2) is 10.8 Å². The summed E-state index contributed by atoms with van der Waals surface area (Å²) in [6, 6.07) is 9.53. The van der Waals surface area contributed by atoms with Gasteiger partial charge in [-0.3, -0.25) is 14.9 Å². The fraction of sp³-hybridized carbons (Fsp3) is 0. The Kier molecular flexibility index (Phi) is 4.09. The van der Waals surface area contributed by atoms with Gasteiger partial charge in [-0.1, -0.05) is 22.0 Å². The number of hydrogen-bond acceptors (Lipinski definition) is 3. The van der Waals surface area contributed by atoms with Crippen molar-refractivity contribution < 1.29 is 14.1 Å². The molecule has 20 heavy (non-hydrogen) atoms. The van der Waals surface area contributed by atoms with Crippen molar-refractivity contribution in [2.75, 3.05) is 5.32 Å². The Hall–Kier alpha value is -2.28. The summed E-state index contributed by atoms with van der Waals surface area (Å²) in [5.74, 6) is -1.45. The summed E-state index contributed by atoms with van der Waals surface area (Å²) >= 11 is 3.25. The van der Waals surface area contributed by atoms with Crippen LogP contribution in [0.5, 0.6) is 0 Å². The number of carbonyl (C=O) groups is 1. The molecule has 0 aliphatic heterocycles. The van der Waals surface area contributed by atoms with Gasteiger partial charge in [-0.15, -0.1) is 0 Å². The van der Waals surface area contributed by atoms with Crippen molar-refractivity contribution in [3.8, 4) is 0 Å². The summed E-state index contributed by atoms with van der Waals surface area (Å²) < 4.78 is 14.0. The number of anilines is 1. The summed E-state index contributed by atoms with van der Waals surface area (Å²) in [4.78, 5) is 21.8. The Morgan fingerprint density at radius 3 is 2.65 bits per heavy atom. The first kappa shape index (κ1) is 14.1. The first-order valence-corrected chi connectivity index (χ1v) is 6.27. The van der Waals surface area contributed by atoms with Crippen molar-refractivity contribution in [3.05, 3.63) is 68.4 Å². The first-order chi connectivity index (χ1) is 9.45. The second-order valence-corrected chi connectivity index (χ2v) is 4.84. The number of nitro groups is 1. The fourth-order valence-corrected chi connectivity index (χ4v) is 1.98. The molecule has 0 spiro atoms. The van der Waals surface area contributed by atoms with Crippen LogP contribution in [0.4, 0.5) is 15.8 Å². The Balaban J connectivity index is 2.27. The van der Waals surface area contributed by atoms with Gasteiger partial charge in [0.25, 0.3) is 11.6 Å². The molecule has 0 aromatic heterocycles.